The lowest BCUT2D eigenvalue weighted by Gasteiger charge is -2.32. The van der Waals surface area contributed by atoms with Crippen LogP contribution in [0.25, 0.3) is 22.2 Å². The van der Waals surface area contributed by atoms with Crippen LogP contribution in [0.1, 0.15) is 42.6 Å². The smallest absolute Gasteiger partial charge is 0.251 e. The number of amides is 1. The Morgan fingerprint density at radius 2 is 2.00 bits per heavy atom. The summed E-state index contributed by atoms with van der Waals surface area (Å²) in [5.74, 6) is 0.677. The van der Waals surface area contributed by atoms with E-state index in [-0.39, 0.29) is 11.3 Å². The lowest BCUT2D eigenvalue weighted by Crippen LogP contribution is -2.43. The van der Waals surface area contributed by atoms with Gasteiger partial charge in [-0.3, -0.25) is 4.79 Å². The molecule has 2 aromatic heterocycles. The standard InChI is InChI=1S/C23H28N6O/c1-23(2)13-26-21(30)16-5-4-14(10-19(16)23)17-11-24-20-18(17)12-25-22(28-20)27-15-6-8-29(3)9-7-15/h4-5,10-12,15H,6-9,13H2,1-3H3,(H,26,30)(H2,24,25,27,28). The Morgan fingerprint density at radius 1 is 1.20 bits per heavy atom. The number of hydrogen-bond acceptors (Lipinski definition) is 5. The summed E-state index contributed by atoms with van der Waals surface area (Å²) < 4.78 is 0. The van der Waals surface area contributed by atoms with Crippen molar-refractivity contribution >= 4 is 22.9 Å². The predicted molar refractivity (Wildman–Crippen MR) is 119 cm³/mol. The molecule has 1 fully saturated rings. The molecule has 0 unspecified atom stereocenters. The van der Waals surface area contributed by atoms with Gasteiger partial charge in [-0.25, -0.2) is 4.98 Å². The van der Waals surface area contributed by atoms with E-state index >= 15 is 0 Å². The van der Waals surface area contributed by atoms with E-state index in [1.54, 1.807) is 0 Å². The van der Waals surface area contributed by atoms with Gasteiger partial charge in [0, 0.05) is 46.9 Å². The van der Waals surface area contributed by atoms with Gasteiger partial charge in [0.15, 0.2) is 0 Å². The molecule has 1 aromatic carbocycles. The van der Waals surface area contributed by atoms with Gasteiger partial charge in [-0.15, -0.1) is 0 Å². The molecule has 2 aliphatic rings. The average molecular weight is 405 g/mol. The van der Waals surface area contributed by atoms with Crippen molar-refractivity contribution < 1.29 is 4.79 Å². The summed E-state index contributed by atoms with van der Waals surface area (Å²) in [4.78, 5) is 27.2. The molecule has 30 heavy (non-hydrogen) atoms. The monoisotopic (exact) mass is 404 g/mol. The number of benzene rings is 1. The van der Waals surface area contributed by atoms with Crippen LogP contribution < -0.4 is 10.6 Å². The van der Waals surface area contributed by atoms with E-state index in [0.717, 1.165) is 59.2 Å². The fourth-order valence-electron chi connectivity index (χ4n) is 4.51. The van der Waals surface area contributed by atoms with Gasteiger partial charge in [-0.05, 0) is 56.2 Å². The number of rotatable bonds is 3. The summed E-state index contributed by atoms with van der Waals surface area (Å²) in [7, 11) is 2.16. The Labute approximate surface area is 176 Å². The van der Waals surface area contributed by atoms with Crippen LogP contribution >= 0.6 is 0 Å². The topological polar surface area (TPSA) is 85.9 Å². The molecule has 7 heteroatoms. The Hall–Kier alpha value is -2.93. The van der Waals surface area contributed by atoms with Crippen LogP contribution in [0.15, 0.2) is 30.6 Å². The van der Waals surface area contributed by atoms with Crippen LogP contribution in [0.4, 0.5) is 5.95 Å². The van der Waals surface area contributed by atoms with Crippen LogP contribution in [0, 0.1) is 0 Å². The first-order chi connectivity index (χ1) is 14.4. The molecule has 1 saturated heterocycles. The van der Waals surface area contributed by atoms with E-state index in [9.17, 15) is 4.79 Å². The maximum absolute atomic E-state index is 12.3. The van der Waals surface area contributed by atoms with Crippen LogP contribution in [0.3, 0.4) is 0 Å². The summed E-state index contributed by atoms with van der Waals surface area (Å²) in [5, 5.41) is 7.45. The predicted octanol–water partition coefficient (Wildman–Crippen LogP) is 3.15. The van der Waals surface area contributed by atoms with Crippen molar-refractivity contribution in [2.24, 2.45) is 0 Å². The summed E-state index contributed by atoms with van der Waals surface area (Å²) >= 11 is 0. The third-order valence-electron chi connectivity index (χ3n) is 6.48. The zero-order valence-corrected chi connectivity index (χ0v) is 17.7. The number of anilines is 1. The first-order valence-electron chi connectivity index (χ1n) is 10.6. The lowest BCUT2D eigenvalue weighted by atomic mass is 9.78. The number of carbonyl (C=O) groups excluding carboxylic acids is 1. The molecule has 0 atom stereocenters. The summed E-state index contributed by atoms with van der Waals surface area (Å²) in [6.45, 7) is 7.16. The molecular formula is C23H28N6O. The van der Waals surface area contributed by atoms with Gasteiger partial charge in [-0.1, -0.05) is 19.9 Å². The van der Waals surface area contributed by atoms with Crippen molar-refractivity contribution in [3.05, 3.63) is 41.7 Å². The third kappa shape index (κ3) is 3.33. The minimum absolute atomic E-state index is 0.00255. The normalized spacial score (nSPS) is 19.5. The van der Waals surface area contributed by atoms with Crippen molar-refractivity contribution in [3.63, 3.8) is 0 Å². The fraction of sp³-hybridized carbons (Fsp3) is 0.435. The van der Waals surface area contributed by atoms with Crippen molar-refractivity contribution in [1.82, 2.24) is 25.2 Å². The van der Waals surface area contributed by atoms with Crippen LogP contribution in [-0.2, 0) is 5.41 Å². The largest absolute Gasteiger partial charge is 0.351 e. The second-order valence-electron chi connectivity index (χ2n) is 9.21. The van der Waals surface area contributed by atoms with Gasteiger partial charge in [-0.2, -0.15) is 4.98 Å². The Kier molecular flexibility index (Phi) is 4.50. The van der Waals surface area contributed by atoms with Gasteiger partial charge in [0.1, 0.15) is 5.65 Å². The highest BCUT2D eigenvalue weighted by Crippen LogP contribution is 2.35. The van der Waals surface area contributed by atoms with Gasteiger partial charge >= 0.3 is 0 Å². The highest BCUT2D eigenvalue weighted by molar-refractivity contribution is 5.99. The summed E-state index contributed by atoms with van der Waals surface area (Å²) in [6, 6.07) is 6.49. The van der Waals surface area contributed by atoms with Crippen LogP contribution in [0.5, 0.6) is 0 Å². The van der Waals surface area contributed by atoms with Crippen LogP contribution in [-0.4, -0.2) is 58.5 Å². The number of fused-ring (bicyclic) bond motifs is 2. The maximum Gasteiger partial charge on any atom is 0.251 e. The third-order valence-corrected chi connectivity index (χ3v) is 6.48. The summed E-state index contributed by atoms with van der Waals surface area (Å²) in [5.41, 5.74) is 4.69. The Balaban J connectivity index is 1.45. The van der Waals surface area contributed by atoms with Crippen molar-refractivity contribution in [2.45, 2.75) is 38.1 Å². The molecule has 3 aromatic rings. The van der Waals surface area contributed by atoms with E-state index in [0.29, 0.717) is 18.5 Å². The highest BCUT2D eigenvalue weighted by Gasteiger charge is 2.31. The quantitative estimate of drug-likeness (QED) is 0.624. The molecular weight excluding hydrogens is 376 g/mol. The molecule has 0 bridgehead atoms. The van der Waals surface area contributed by atoms with Crippen molar-refractivity contribution in [2.75, 3.05) is 32.0 Å². The second-order valence-corrected chi connectivity index (χ2v) is 9.21. The Bertz CT molecular complexity index is 1110. The molecule has 2 aliphatic heterocycles. The van der Waals surface area contributed by atoms with Crippen molar-refractivity contribution in [1.29, 1.82) is 0 Å². The highest BCUT2D eigenvalue weighted by atomic mass is 16.1. The molecule has 1 amide bonds. The minimum atomic E-state index is -0.104. The molecule has 0 radical (unpaired) electrons. The number of likely N-dealkylation sites (tertiary alicyclic amines) is 1. The second kappa shape index (κ2) is 7.09. The number of hydrogen-bond donors (Lipinski definition) is 3. The number of aromatic amines is 1. The molecule has 0 spiro atoms. The molecule has 156 valence electrons. The zero-order valence-electron chi connectivity index (χ0n) is 17.7. The molecule has 0 aliphatic carbocycles. The lowest BCUT2D eigenvalue weighted by molar-refractivity contribution is 0.0930. The van der Waals surface area contributed by atoms with Crippen LogP contribution in [0.2, 0.25) is 0 Å². The van der Waals surface area contributed by atoms with Gasteiger partial charge < -0.3 is 20.5 Å². The van der Waals surface area contributed by atoms with E-state index < -0.39 is 0 Å². The maximum atomic E-state index is 12.3. The average Bonchev–Trinajstić information content (AvgIpc) is 3.16. The van der Waals surface area contributed by atoms with Gasteiger partial charge in [0.2, 0.25) is 5.95 Å². The van der Waals surface area contributed by atoms with E-state index in [1.165, 1.54) is 0 Å². The number of aromatic nitrogens is 3. The zero-order chi connectivity index (χ0) is 20.9. The van der Waals surface area contributed by atoms with E-state index in [1.807, 2.05) is 24.5 Å². The molecule has 7 nitrogen and oxygen atoms in total. The first-order valence-corrected chi connectivity index (χ1v) is 10.6. The number of carbonyl (C=O) groups is 1. The fourth-order valence-corrected chi connectivity index (χ4v) is 4.51. The minimum Gasteiger partial charge on any atom is -0.351 e. The number of nitrogens with one attached hydrogen (secondary N) is 3. The van der Waals surface area contributed by atoms with Crippen molar-refractivity contribution in [3.8, 4) is 11.1 Å². The molecule has 0 saturated carbocycles. The number of nitrogens with zero attached hydrogens (tertiary/aromatic N) is 3. The number of H-pyrrole nitrogens is 1. The SMILES string of the molecule is CN1CCC(Nc2ncc3c(-c4ccc5c(c4)C(C)(C)CNC5=O)c[nH]c3n2)CC1. The summed E-state index contributed by atoms with van der Waals surface area (Å²) in [6.07, 6.45) is 6.08. The molecule has 5 rings (SSSR count). The number of piperidine rings is 1. The first kappa shape index (κ1) is 19.1. The Morgan fingerprint density at radius 3 is 2.80 bits per heavy atom. The van der Waals surface area contributed by atoms with Gasteiger partial charge in [0.25, 0.3) is 5.91 Å². The van der Waals surface area contributed by atoms with Gasteiger partial charge in [0.05, 0.1) is 0 Å². The molecule has 3 N–H and O–H groups in total. The van der Waals surface area contributed by atoms with E-state index in [4.69, 9.17) is 4.98 Å². The van der Waals surface area contributed by atoms with E-state index in [2.05, 4.69) is 52.5 Å². The molecule has 4 heterocycles.